The van der Waals surface area contributed by atoms with Gasteiger partial charge in [0.25, 0.3) is 11.6 Å². The largest absolute Gasteiger partial charge is 0.480 e. The number of carbonyl (C=O) groups is 2. The molecule has 1 aliphatic rings. The molecule has 110 valence electrons. The zero-order chi connectivity index (χ0) is 15.0. The third kappa shape index (κ3) is 2.35. The lowest BCUT2D eigenvalue weighted by Crippen LogP contribution is -2.48. The third-order valence-corrected chi connectivity index (χ3v) is 3.81. The molecule has 7 nitrogen and oxygen atoms in total. The summed E-state index contributed by atoms with van der Waals surface area (Å²) in [5.74, 6) is -1.27. The van der Waals surface area contributed by atoms with Crippen molar-refractivity contribution in [3.05, 3.63) is 23.5 Å². The Morgan fingerprint density at radius 1 is 1.43 bits per heavy atom. The quantitative estimate of drug-likeness (QED) is 0.902. The maximum atomic E-state index is 12.6. The summed E-state index contributed by atoms with van der Waals surface area (Å²) in [7, 11) is 0. The molecule has 1 fully saturated rings. The molecule has 0 bridgehead atoms. The SMILES string of the molecule is Cc1noc2ncc(C(=O)N3CCCCC3C(=O)O)cc12. The number of aliphatic carboxylic acids is 1. The number of fused-ring (bicyclic) bond motifs is 1. The van der Waals surface area contributed by atoms with E-state index in [4.69, 9.17) is 4.52 Å². The molecular formula is C14H15N3O4. The van der Waals surface area contributed by atoms with Gasteiger partial charge < -0.3 is 14.5 Å². The Hall–Kier alpha value is -2.44. The number of aryl methyl sites for hydroxylation is 1. The van der Waals surface area contributed by atoms with Gasteiger partial charge in [0.2, 0.25) is 0 Å². The number of carboxylic acids is 1. The van der Waals surface area contributed by atoms with Gasteiger partial charge in [-0.2, -0.15) is 0 Å². The zero-order valence-electron chi connectivity index (χ0n) is 11.6. The summed E-state index contributed by atoms with van der Waals surface area (Å²) in [6, 6.07) is 0.898. The summed E-state index contributed by atoms with van der Waals surface area (Å²) >= 11 is 0. The summed E-state index contributed by atoms with van der Waals surface area (Å²) in [4.78, 5) is 29.3. The minimum Gasteiger partial charge on any atom is -0.480 e. The van der Waals surface area contributed by atoms with Gasteiger partial charge in [0, 0.05) is 12.7 Å². The topological polar surface area (TPSA) is 96.5 Å². The van der Waals surface area contributed by atoms with E-state index in [9.17, 15) is 14.7 Å². The van der Waals surface area contributed by atoms with Crippen LogP contribution in [0.3, 0.4) is 0 Å². The van der Waals surface area contributed by atoms with Crippen LogP contribution in [0.25, 0.3) is 11.1 Å². The molecule has 1 atom stereocenters. The molecule has 0 aliphatic carbocycles. The summed E-state index contributed by atoms with van der Waals surface area (Å²) in [5.41, 5.74) is 1.39. The van der Waals surface area contributed by atoms with Gasteiger partial charge in [-0.3, -0.25) is 4.79 Å². The molecule has 0 spiro atoms. The van der Waals surface area contributed by atoms with Crippen LogP contribution in [-0.2, 0) is 4.79 Å². The van der Waals surface area contributed by atoms with Gasteiger partial charge in [-0.15, -0.1) is 0 Å². The fourth-order valence-corrected chi connectivity index (χ4v) is 2.66. The van der Waals surface area contributed by atoms with Crippen LogP contribution in [0.1, 0.15) is 35.3 Å². The van der Waals surface area contributed by atoms with E-state index in [2.05, 4.69) is 10.1 Å². The second-order valence-corrected chi connectivity index (χ2v) is 5.19. The summed E-state index contributed by atoms with van der Waals surface area (Å²) < 4.78 is 5.01. The number of pyridine rings is 1. The molecule has 3 rings (SSSR count). The molecule has 0 saturated carbocycles. The van der Waals surface area contributed by atoms with Crippen molar-refractivity contribution in [2.75, 3.05) is 6.54 Å². The number of hydrogen-bond acceptors (Lipinski definition) is 5. The fourth-order valence-electron chi connectivity index (χ4n) is 2.66. The van der Waals surface area contributed by atoms with Crippen LogP contribution in [0.5, 0.6) is 0 Å². The molecule has 1 amide bonds. The van der Waals surface area contributed by atoms with E-state index in [0.29, 0.717) is 35.3 Å². The lowest BCUT2D eigenvalue weighted by atomic mass is 10.0. The molecule has 2 aromatic heterocycles. The number of carboxylic acid groups (broad SMARTS) is 1. The molecule has 2 aromatic rings. The standard InChI is InChI=1S/C14H15N3O4/c1-8-10-6-9(7-15-12(10)21-16-8)13(18)17-5-3-2-4-11(17)14(19)20/h6-7,11H,2-5H2,1H3,(H,19,20). The lowest BCUT2D eigenvalue weighted by Gasteiger charge is -2.32. The number of amides is 1. The van der Waals surface area contributed by atoms with Gasteiger partial charge in [-0.25, -0.2) is 9.78 Å². The van der Waals surface area contributed by atoms with Gasteiger partial charge in [-0.1, -0.05) is 5.16 Å². The highest BCUT2D eigenvalue weighted by atomic mass is 16.5. The van der Waals surface area contributed by atoms with Crippen LogP contribution in [-0.4, -0.2) is 44.6 Å². The zero-order valence-corrected chi connectivity index (χ0v) is 11.6. The molecule has 0 aromatic carbocycles. The second kappa shape index (κ2) is 5.16. The van der Waals surface area contributed by atoms with E-state index >= 15 is 0 Å². The van der Waals surface area contributed by atoms with Crippen molar-refractivity contribution in [2.24, 2.45) is 0 Å². The Morgan fingerprint density at radius 3 is 3.00 bits per heavy atom. The molecule has 7 heteroatoms. The van der Waals surface area contributed by atoms with Crippen molar-refractivity contribution >= 4 is 23.0 Å². The minimum absolute atomic E-state index is 0.308. The van der Waals surface area contributed by atoms with Crippen LogP contribution in [0.15, 0.2) is 16.8 Å². The number of nitrogens with zero attached hydrogens (tertiary/aromatic N) is 3. The van der Waals surface area contributed by atoms with Crippen LogP contribution in [0.2, 0.25) is 0 Å². The number of likely N-dealkylation sites (tertiary alicyclic amines) is 1. The number of piperidine rings is 1. The van der Waals surface area contributed by atoms with Gasteiger partial charge in [0.1, 0.15) is 6.04 Å². The Bertz CT molecular complexity index is 709. The van der Waals surface area contributed by atoms with Crippen molar-refractivity contribution in [1.29, 1.82) is 0 Å². The van der Waals surface area contributed by atoms with E-state index in [1.54, 1.807) is 13.0 Å². The molecule has 21 heavy (non-hydrogen) atoms. The monoisotopic (exact) mass is 289 g/mol. The third-order valence-electron chi connectivity index (χ3n) is 3.81. The van der Waals surface area contributed by atoms with Crippen molar-refractivity contribution in [3.63, 3.8) is 0 Å². The molecule has 0 radical (unpaired) electrons. The van der Waals surface area contributed by atoms with Crippen LogP contribution in [0.4, 0.5) is 0 Å². The first-order chi connectivity index (χ1) is 10.1. The van der Waals surface area contributed by atoms with Gasteiger partial charge >= 0.3 is 5.97 Å². The molecule has 1 aliphatic heterocycles. The maximum absolute atomic E-state index is 12.6. The number of rotatable bonds is 2. The Kier molecular flexibility index (Phi) is 3.32. The number of hydrogen-bond donors (Lipinski definition) is 1. The predicted octanol–water partition coefficient (Wildman–Crippen LogP) is 1.61. The number of carbonyl (C=O) groups excluding carboxylic acids is 1. The van der Waals surface area contributed by atoms with Crippen LogP contribution >= 0.6 is 0 Å². The lowest BCUT2D eigenvalue weighted by molar-refractivity contribution is -0.143. The average molecular weight is 289 g/mol. The van der Waals surface area contributed by atoms with Gasteiger partial charge in [-0.05, 0) is 32.3 Å². The van der Waals surface area contributed by atoms with E-state index in [1.807, 2.05) is 0 Å². The maximum Gasteiger partial charge on any atom is 0.326 e. The summed E-state index contributed by atoms with van der Waals surface area (Å²) in [6.07, 6.45) is 3.53. The smallest absolute Gasteiger partial charge is 0.326 e. The predicted molar refractivity (Wildman–Crippen MR) is 72.9 cm³/mol. The van der Waals surface area contributed by atoms with Gasteiger partial charge in [0.15, 0.2) is 0 Å². The van der Waals surface area contributed by atoms with Crippen LogP contribution in [0, 0.1) is 6.92 Å². The second-order valence-electron chi connectivity index (χ2n) is 5.19. The number of aromatic nitrogens is 2. The Labute approximate surface area is 120 Å². The van der Waals surface area contributed by atoms with Crippen molar-refractivity contribution in [1.82, 2.24) is 15.0 Å². The minimum atomic E-state index is -0.960. The average Bonchev–Trinajstić information content (AvgIpc) is 2.87. The normalized spacial score (nSPS) is 18.9. The van der Waals surface area contributed by atoms with Crippen molar-refractivity contribution in [3.8, 4) is 0 Å². The first-order valence-electron chi connectivity index (χ1n) is 6.83. The highest BCUT2D eigenvalue weighted by Crippen LogP contribution is 2.22. The Balaban J connectivity index is 1.94. The highest BCUT2D eigenvalue weighted by molar-refractivity contribution is 5.98. The molecular weight excluding hydrogens is 274 g/mol. The van der Waals surface area contributed by atoms with E-state index in [0.717, 1.165) is 12.8 Å². The Morgan fingerprint density at radius 2 is 2.24 bits per heavy atom. The van der Waals surface area contributed by atoms with E-state index in [-0.39, 0.29) is 5.91 Å². The molecule has 1 unspecified atom stereocenters. The molecule has 1 saturated heterocycles. The first kappa shape index (κ1) is 13.5. The first-order valence-corrected chi connectivity index (χ1v) is 6.83. The van der Waals surface area contributed by atoms with Crippen LogP contribution < -0.4 is 0 Å². The fraction of sp³-hybridized carbons (Fsp3) is 0.429. The highest BCUT2D eigenvalue weighted by Gasteiger charge is 2.32. The van der Waals surface area contributed by atoms with E-state index < -0.39 is 12.0 Å². The summed E-state index contributed by atoms with van der Waals surface area (Å²) in [6.45, 7) is 2.22. The molecule has 1 N–H and O–H groups in total. The van der Waals surface area contributed by atoms with E-state index in [1.165, 1.54) is 11.1 Å². The summed E-state index contributed by atoms with van der Waals surface area (Å²) in [5, 5.41) is 13.7. The molecule has 3 heterocycles. The van der Waals surface area contributed by atoms with Crippen molar-refractivity contribution in [2.45, 2.75) is 32.2 Å². The van der Waals surface area contributed by atoms with Gasteiger partial charge in [0.05, 0.1) is 16.6 Å². The van der Waals surface area contributed by atoms with Crippen molar-refractivity contribution < 1.29 is 19.2 Å².